The number of carbonyl (C=O) groups excluding carboxylic acids is 1. The van der Waals surface area contributed by atoms with Crippen LogP contribution in [0.2, 0.25) is 0 Å². The zero-order valence-electron chi connectivity index (χ0n) is 9.15. The monoisotopic (exact) mass is 216 g/mol. The minimum Gasteiger partial charge on any atom is -0.354 e. The Morgan fingerprint density at radius 2 is 2.00 bits per heavy atom. The van der Waals surface area contributed by atoms with Gasteiger partial charge < -0.3 is 9.88 Å². The molecule has 1 N–H and O–H groups in total. The highest BCUT2D eigenvalue weighted by atomic mass is 16.2. The molecule has 0 aliphatic carbocycles. The maximum atomic E-state index is 12.0. The van der Waals surface area contributed by atoms with Gasteiger partial charge in [0.2, 0.25) is 0 Å². The highest BCUT2D eigenvalue weighted by Gasteiger charge is 2.10. The molecule has 2 aromatic rings. The Hall–Kier alpha value is -2.10. The van der Waals surface area contributed by atoms with Gasteiger partial charge in [0.1, 0.15) is 5.69 Å². The van der Waals surface area contributed by atoms with E-state index in [1.165, 1.54) is 4.57 Å². The molecule has 0 unspecified atom stereocenters. The number of nitrogens with zero attached hydrogens (tertiary/aromatic N) is 1. The first kappa shape index (κ1) is 10.4. The summed E-state index contributed by atoms with van der Waals surface area (Å²) in [6, 6.07) is 8.95. The van der Waals surface area contributed by atoms with Crippen LogP contribution in [0.15, 0.2) is 35.1 Å². The highest BCUT2D eigenvalue weighted by Crippen LogP contribution is 2.11. The van der Waals surface area contributed by atoms with E-state index in [1.54, 1.807) is 26.2 Å². The van der Waals surface area contributed by atoms with E-state index in [4.69, 9.17) is 0 Å². The van der Waals surface area contributed by atoms with Gasteiger partial charge in [-0.1, -0.05) is 18.2 Å². The van der Waals surface area contributed by atoms with Gasteiger partial charge >= 0.3 is 0 Å². The molecule has 1 aromatic heterocycles. The molecule has 0 atom stereocenters. The largest absolute Gasteiger partial charge is 0.354 e. The third-order valence-corrected chi connectivity index (χ3v) is 2.61. The lowest BCUT2D eigenvalue weighted by atomic mass is 10.1. The molecular formula is C12H12N2O2. The summed E-state index contributed by atoms with van der Waals surface area (Å²) in [5.41, 5.74) is 0.211. The average Bonchev–Trinajstić information content (AvgIpc) is 2.33. The summed E-state index contributed by atoms with van der Waals surface area (Å²) in [6.45, 7) is 0. The number of fused-ring (bicyclic) bond motifs is 1. The van der Waals surface area contributed by atoms with Crippen molar-refractivity contribution >= 4 is 16.7 Å². The minimum atomic E-state index is -0.259. The molecule has 2 rings (SSSR count). The zero-order valence-corrected chi connectivity index (χ0v) is 9.15. The molecule has 0 bridgehead atoms. The van der Waals surface area contributed by atoms with E-state index in [-0.39, 0.29) is 11.5 Å². The standard InChI is InChI=1S/C12H12N2O2/c1-13-11(15)10-7-8-5-3-4-6-9(8)12(16)14(10)2/h3-7H,1-2H3,(H,13,15). The van der Waals surface area contributed by atoms with Crippen LogP contribution in [0, 0.1) is 0 Å². The fraction of sp³-hybridized carbons (Fsp3) is 0.167. The molecule has 0 aliphatic heterocycles. The molecule has 4 nitrogen and oxygen atoms in total. The normalized spacial score (nSPS) is 10.4. The molecule has 4 heteroatoms. The molecule has 0 aliphatic rings. The van der Waals surface area contributed by atoms with Gasteiger partial charge in [0.25, 0.3) is 11.5 Å². The van der Waals surface area contributed by atoms with Crippen LogP contribution >= 0.6 is 0 Å². The van der Waals surface area contributed by atoms with Crippen LogP contribution in [0.5, 0.6) is 0 Å². The number of benzene rings is 1. The third kappa shape index (κ3) is 1.48. The second kappa shape index (κ2) is 3.81. The fourth-order valence-corrected chi connectivity index (χ4v) is 1.70. The van der Waals surface area contributed by atoms with Crippen molar-refractivity contribution in [3.05, 3.63) is 46.4 Å². The van der Waals surface area contributed by atoms with Crippen molar-refractivity contribution in [2.45, 2.75) is 0 Å². The predicted octanol–water partition coefficient (Wildman–Crippen LogP) is 0.898. The molecule has 0 saturated heterocycles. The van der Waals surface area contributed by atoms with Crippen molar-refractivity contribution in [3.63, 3.8) is 0 Å². The van der Waals surface area contributed by atoms with Gasteiger partial charge in [-0.05, 0) is 17.5 Å². The van der Waals surface area contributed by atoms with E-state index in [9.17, 15) is 9.59 Å². The van der Waals surface area contributed by atoms with Gasteiger partial charge in [0.05, 0.1) is 0 Å². The second-order valence-electron chi connectivity index (χ2n) is 3.56. The summed E-state index contributed by atoms with van der Waals surface area (Å²) >= 11 is 0. The average molecular weight is 216 g/mol. The Morgan fingerprint density at radius 1 is 1.31 bits per heavy atom. The SMILES string of the molecule is CNC(=O)c1cc2ccccc2c(=O)n1C. The first-order chi connectivity index (χ1) is 7.65. The number of pyridine rings is 1. The maximum Gasteiger partial charge on any atom is 0.267 e. The van der Waals surface area contributed by atoms with E-state index >= 15 is 0 Å². The van der Waals surface area contributed by atoms with Crippen LogP contribution < -0.4 is 10.9 Å². The van der Waals surface area contributed by atoms with E-state index < -0.39 is 0 Å². The first-order valence-corrected chi connectivity index (χ1v) is 4.96. The molecule has 1 aromatic carbocycles. The van der Waals surface area contributed by atoms with Gasteiger partial charge in [0.15, 0.2) is 0 Å². The number of hydrogen-bond acceptors (Lipinski definition) is 2. The lowest BCUT2D eigenvalue weighted by Gasteiger charge is -2.08. The van der Waals surface area contributed by atoms with Crippen LogP contribution in [-0.4, -0.2) is 17.5 Å². The molecule has 0 spiro atoms. The maximum absolute atomic E-state index is 12.0. The van der Waals surface area contributed by atoms with Crippen LogP contribution in [0.4, 0.5) is 0 Å². The van der Waals surface area contributed by atoms with Crippen molar-refractivity contribution in [3.8, 4) is 0 Å². The van der Waals surface area contributed by atoms with E-state index in [2.05, 4.69) is 5.32 Å². The quantitative estimate of drug-likeness (QED) is 0.770. The molecular weight excluding hydrogens is 204 g/mol. The highest BCUT2D eigenvalue weighted by molar-refractivity contribution is 5.96. The van der Waals surface area contributed by atoms with Crippen molar-refractivity contribution in [1.82, 2.24) is 9.88 Å². The molecule has 16 heavy (non-hydrogen) atoms. The number of nitrogens with one attached hydrogen (secondary N) is 1. The van der Waals surface area contributed by atoms with Crippen LogP contribution in [0.25, 0.3) is 10.8 Å². The molecule has 1 amide bonds. The summed E-state index contributed by atoms with van der Waals surface area (Å²) in [5, 5.41) is 3.92. The topological polar surface area (TPSA) is 51.1 Å². The molecule has 0 saturated carbocycles. The molecule has 1 heterocycles. The lowest BCUT2D eigenvalue weighted by Crippen LogP contribution is -2.28. The predicted molar refractivity (Wildman–Crippen MR) is 62.6 cm³/mol. The van der Waals surface area contributed by atoms with Gasteiger partial charge in [-0.25, -0.2) is 0 Å². The number of aromatic nitrogens is 1. The van der Waals surface area contributed by atoms with Gasteiger partial charge in [0, 0.05) is 19.5 Å². The Bertz CT molecular complexity index is 614. The van der Waals surface area contributed by atoms with Gasteiger partial charge in [-0.2, -0.15) is 0 Å². The molecule has 0 fully saturated rings. The summed E-state index contributed by atoms with van der Waals surface area (Å²) in [6.07, 6.45) is 0. The minimum absolute atomic E-state index is 0.156. The summed E-state index contributed by atoms with van der Waals surface area (Å²) in [5.74, 6) is -0.259. The Morgan fingerprint density at radius 3 is 2.69 bits per heavy atom. The van der Waals surface area contributed by atoms with E-state index in [0.29, 0.717) is 11.1 Å². The Balaban J connectivity index is 2.84. The summed E-state index contributed by atoms with van der Waals surface area (Å²) in [7, 11) is 3.14. The Labute approximate surface area is 92.5 Å². The van der Waals surface area contributed by atoms with Crippen LogP contribution in [0.3, 0.4) is 0 Å². The van der Waals surface area contributed by atoms with Crippen molar-refractivity contribution in [1.29, 1.82) is 0 Å². The first-order valence-electron chi connectivity index (χ1n) is 4.96. The summed E-state index contributed by atoms with van der Waals surface area (Å²) in [4.78, 5) is 23.5. The molecule has 0 radical (unpaired) electrons. The van der Waals surface area contributed by atoms with E-state index in [1.807, 2.05) is 18.2 Å². The van der Waals surface area contributed by atoms with Crippen molar-refractivity contribution in [2.75, 3.05) is 7.05 Å². The van der Waals surface area contributed by atoms with E-state index in [0.717, 1.165) is 5.39 Å². The molecule has 82 valence electrons. The fourth-order valence-electron chi connectivity index (χ4n) is 1.70. The van der Waals surface area contributed by atoms with Crippen LogP contribution in [-0.2, 0) is 7.05 Å². The number of hydrogen-bond donors (Lipinski definition) is 1. The second-order valence-corrected chi connectivity index (χ2v) is 3.56. The summed E-state index contributed by atoms with van der Waals surface area (Å²) < 4.78 is 1.36. The van der Waals surface area contributed by atoms with Crippen LogP contribution in [0.1, 0.15) is 10.5 Å². The number of carbonyl (C=O) groups is 1. The van der Waals surface area contributed by atoms with Crippen molar-refractivity contribution < 1.29 is 4.79 Å². The third-order valence-electron chi connectivity index (χ3n) is 2.61. The van der Waals surface area contributed by atoms with Crippen molar-refractivity contribution in [2.24, 2.45) is 7.05 Å². The zero-order chi connectivity index (χ0) is 11.7. The lowest BCUT2D eigenvalue weighted by molar-refractivity contribution is 0.0954. The van der Waals surface area contributed by atoms with Gasteiger partial charge in [-0.3, -0.25) is 9.59 Å². The Kier molecular flexibility index (Phi) is 2.48. The van der Waals surface area contributed by atoms with Gasteiger partial charge in [-0.15, -0.1) is 0 Å². The smallest absolute Gasteiger partial charge is 0.267 e. The number of amides is 1. The number of rotatable bonds is 1.